The third-order valence-corrected chi connectivity index (χ3v) is 4.76. The summed E-state index contributed by atoms with van der Waals surface area (Å²) in [6.45, 7) is 0. The van der Waals surface area contributed by atoms with Gasteiger partial charge in [-0.25, -0.2) is 4.98 Å². The summed E-state index contributed by atoms with van der Waals surface area (Å²) in [6, 6.07) is 23.3. The minimum atomic E-state index is -0.0834. The molecule has 5 nitrogen and oxygen atoms in total. The van der Waals surface area contributed by atoms with Crippen LogP contribution in [-0.2, 0) is 18.3 Å². The Morgan fingerprint density at radius 3 is 2.46 bits per heavy atom. The summed E-state index contributed by atoms with van der Waals surface area (Å²) in [6.07, 6.45) is 0.260. The molecular weight excluding hydrogens is 350 g/mol. The molecule has 5 heteroatoms. The van der Waals surface area contributed by atoms with Crippen LogP contribution in [0.4, 0.5) is 5.69 Å². The highest BCUT2D eigenvalue weighted by Crippen LogP contribution is 2.25. The number of anilines is 1. The summed E-state index contributed by atoms with van der Waals surface area (Å²) in [5.41, 5.74) is 4.67. The van der Waals surface area contributed by atoms with E-state index < -0.39 is 0 Å². The monoisotopic (exact) mass is 371 g/mol. The predicted octanol–water partition coefficient (Wildman–Crippen LogP) is 4.43. The van der Waals surface area contributed by atoms with E-state index in [2.05, 4.69) is 16.0 Å². The topological polar surface area (TPSA) is 56.1 Å². The van der Waals surface area contributed by atoms with Crippen LogP contribution in [-0.4, -0.2) is 22.6 Å². The zero-order valence-electron chi connectivity index (χ0n) is 15.8. The van der Waals surface area contributed by atoms with E-state index in [-0.39, 0.29) is 12.3 Å². The lowest BCUT2D eigenvalue weighted by molar-refractivity contribution is -0.115. The average molecular weight is 371 g/mol. The second-order valence-corrected chi connectivity index (χ2v) is 6.60. The van der Waals surface area contributed by atoms with Gasteiger partial charge in [0.1, 0.15) is 11.6 Å². The number of methoxy groups -OCH3 is 1. The van der Waals surface area contributed by atoms with Gasteiger partial charge in [-0.15, -0.1) is 0 Å². The molecule has 0 radical (unpaired) electrons. The maximum atomic E-state index is 12.4. The van der Waals surface area contributed by atoms with E-state index in [0.29, 0.717) is 0 Å². The number of para-hydroxylation sites is 3. The lowest BCUT2D eigenvalue weighted by Gasteiger charge is -2.09. The molecule has 0 saturated carbocycles. The highest BCUT2D eigenvalue weighted by atomic mass is 16.5. The van der Waals surface area contributed by atoms with E-state index in [1.165, 1.54) is 0 Å². The van der Waals surface area contributed by atoms with Crippen molar-refractivity contribution in [3.63, 3.8) is 0 Å². The van der Waals surface area contributed by atoms with Crippen molar-refractivity contribution in [2.75, 3.05) is 12.4 Å². The standard InChI is InChI=1S/C23H21N3O2/c1-26-20-9-5-4-8-19(20)25-23(26)16-11-13-18(14-12-16)24-22(27)15-17-7-3-6-10-21(17)28-2/h3-14H,15H2,1-2H3,(H,24,27). The number of ether oxygens (including phenoxy) is 1. The van der Waals surface area contributed by atoms with Gasteiger partial charge in [-0.1, -0.05) is 30.3 Å². The number of fused-ring (bicyclic) bond motifs is 1. The summed E-state index contributed by atoms with van der Waals surface area (Å²) in [5.74, 6) is 1.53. The van der Waals surface area contributed by atoms with Crippen molar-refractivity contribution in [3.8, 4) is 17.1 Å². The molecular formula is C23H21N3O2. The van der Waals surface area contributed by atoms with Gasteiger partial charge in [-0.2, -0.15) is 0 Å². The van der Waals surface area contributed by atoms with E-state index >= 15 is 0 Å². The minimum Gasteiger partial charge on any atom is -0.496 e. The van der Waals surface area contributed by atoms with E-state index in [0.717, 1.165) is 39.4 Å². The number of carbonyl (C=O) groups is 1. The number of imidazole rings is 1. The summed E-state index contributed by atoms with van der Waals surface area (Å²) in [7, 11) is 3.62. The zero-order chi connectivity index (χ0) is 19.5. The molecule has 4 rings (SSSR count). The van der Waals surface area contributed by atoms with Gasteiger partial charge < -0.3 is 14.6 Å². The first-order chi connectivity index (χ1) is 13.7. The summed E-state index contributed by atoms with van der Waals surface area (Å²) in [5, 5.41) is 2.94. The smallest absolute Gasteiger partial charge is 0.228 e. The Hall–Kier alpha value is -3.60. The van der Waals surface area contributed by atoms with Gasteiger partial charge in [0.25, 0.3) is 0 Å². The van der Waals surface area contributed by atoms with Crippen molar-refractivity contribution in [1.29, 1.82) is 0 Å². The highest BCUT2D eigenvalue weighted by molar-refractivity contribution is 5.93. The van der Waals surface area contributed by atoms with Gasteiger partial charge >= 0.3 is 0 Å². The Balaban J connectivity index is 1.50. The van der Waals surface area contributed by atoms with E-state index in [4.69, 9.17) is 9.72 Å². The van der Waals surface area contributed by atoms with E-state index in [1.807, 2.05) is 73.8 Å². The van der Waals surface area contributed by atoms with Crippen LogP contribution in [0.3, 0.4) is 0 Å². The molecule has 0 spiro atoms. The molecule has 0 atom stereocenters. The average Bonchev–Trinajstić information content (AvgIpc) is 3.06. The van der Waals surface area contributed by atoms with E-state index in [9.17, 15) is 4.79 Å². The number of carbonyl (C=O) groups excluding carboxylic acids is 1. The van der Waals surface area contributed by atoms with Gasteiger partial charge in [-0.3, -0.25) is 4.79 Å². The van der Waals surface area contributed by atoms with Crippen molar-refractivity contribution in [2.45, 2.75) is 6.42 Å². The molecule has 0 bridgehead atoms. The maximum absolute atomic E-state index is 12.4. The number of amides is 1. The quantitative estimate of drug-likeness (QED) is 0.565. The SMILES string of the molecule is COc1ccccc1CC(=O)Nc1ccc(-c2nc3ccccc3n2C)cc1. The predicted molar refractivity (Wildman–Crippen MR) is 111 cm³/mol. The van der Waals surface area contributed by atoms with Crippen molar-refractivity contribution >= 4 is 22.6 Å². The Labute approximate surface area is 163 Å². The molecule has 0 aliphatic heterocycles. The van der Waals surface area contributed by atoms with Crippen LogP contribution < -0.4 is 10.1 Å². The normalized spacial score (nSPS) is 10.8. The van der Waals surface area contributed by atoms with Gasteiger partial charge in [0.2, 0.25) is 5.91 Å². The van der Waals surface area contributed by atoms with E-state index in [1.54, 1.807) is 7.11 Å². The van der Waals surface area contributed by atoms with Crippen LogP contribution in [0.5, 0.6) is 5.75 Å². The number of hydrogen-bond acceptors (Lipinski definition) is 3. The molecule has 0 unspecified atom stereocenters. The summed E-state index contributed by atoms with van der Waals surface area (Å²) in [4.78, 5) is 17.1. The maximum Gasteiger partial charge on any atom is 0.228 e. The third kappa shape index (κ3) is 3.47. The third-order valence-electron chi connectivity index (χ3n) is 4.76. The van der Waals surface area contributed by atoms with Crippen molar-refractivity contribution < 1.29 is 9.53 Å². The van der Waals surface area contributed by atoms with Crippen LogP contribution in [0.25, 0.3) is 22.4 Å². The fraction of sp³-hybridized carbons (Fsp3) is 0.130. The fourth-order valence-electron chi connectivity index (χ4n) is 3.33. The number of benzene rings is 3. The Morgan fingerprint density at radius 2 is 1.71 bits per heavy atom. The second-order valence-electron chi connectivity index (χ2n) is 6.60. The van der Waals surface area contributed by atoms with Crippen molar-refractivity contribution in [2.24, 2.45) is 7.05 Å². The van der Waals surface area contributed by atoms with Crippen LogP contribution in [0, 0.1) is 0 Å². The molecule has 28 heavy (non-hydrogen) atoms. The molecule has 1 aromatic heterocycles. The first kappa shape index (κ1) is 17.8. The van der Waals surface area contributed by atoms with Crippen LogP contribution >= 0.6 is 0 Å². The molecule has 3 aromatic carbocycles. The lowest BCUT2D eigenvalue weighted by Crippen LogP contribution is -2.14. The number of nitrogens with zero attached hydrogens (tertiary/aromatic N) is 2. The molecule has 0 saturated heterocycles. The first-order valence-electron chi connectivity index (χ1n) is 9.09. The minimum absolute atomic E-state index is 0.0834. The molecule has 1 N–H and O–H groups in total. The zero-order valence-corrected chi connectivity index (χ0v) is 15.8. The van der Waals surface area contributed by atoms with Gasteiger partial charge in [-0.05, 0) is 42.5 Å². The summed E-state index contributed by atoms with van der Waals surface area (Å²) >= 11 is 0. The Bertz CT molecular complexity index is 1130. The Kier molecular flexibility index (Phi) is 4.81. The molecule has 0 aliphatic carbocycles. The fourth-order valence-corrected chi connectivity index (χ4v) is 3.33. The number of hydrogen-bond donors (Lipinski definition) is 1. The Morgan fingerprint density at radius 1 is 1.00 bits per heavy atom. The molecule has 1 amide bonds. The number of nitrogens with one attached hydrogen (secondary N) is 1. The molecule has 140 valence electrons. The van der Waals surface area contributed by atoms with Crippen LogP contribution in [0.1, 0.15) is 5.56 Å². The molecule has 0 fully saturated rings. The van der Waals surface area contributed by atoms with Crippen LogP contribution in [0.15, 0.2) is 72.8 Å². The first-order valence-corrected chi connectivity index (χ1v) is 9.09. The van der Waals surface area contributed by atoms with Crippen molar-refractivity contribution in [3.05, 3.63) is 78.4 Å². The molecule has 4 aromatic rings. The molecule has 0 aliphatic rings. The lowest BCUT2D eigenvalue weighted by atomic mass is 10.1. The van der Waals surface area contributed by atoms with Gasteiger partial charge in [0.05, 0.1) is 24.6 Å². The van der Waals surface area contributed by atoms with Crippen LogP contribution in [0.2, 0.25) is 0 Å². The van der Waals surface area contributed by atoms with Gasteiger partial charge in [0.15, 0.2) is 0 Å². The number of aryl methyl sites for hydroxylation is 1. The second kappa shape index (κ2) is 7.56. The number of aromatic nitrogens is 2. The summed E-state index contributed by atoms with van der Waals surface area (Å²) < 4.78 is 7.38. The molecule has 1 heterocycles. The van der Waals surface area contributed by atoms with Gasteiger partial charge in [0, 0.05) is 23.9 Å². The number of rotatable bonds is 5. The highest BCUT2D eigenvalue weighted by Gasteiger charge is 2.11. The largest absolute Gasteiger partial charge is 0.496 e. The van der Waals surface area contributed by atoms with Crippen molar-refractivity contribution in [1.82, 2.24) is 9.55 Å².